The van der Waals surface area contributed by atoms with Gasteiger partial charge in [0.25, 0.3) is 5.56 Å². The molecule has 0 aliphatic heterocycles. The number of para-hydroxylation sites is 1. The summed E-state index contributed by atoms with van der Waals surface area (Å²) in [6.45, 7) is 3.48. The maximum Gasteiger partial charge on any atom is 0.341 e. The minimum Gasteiger partial charge on any atom is -0.482 e. The third kappa shape index (κ3) is 3.66. The average molecular weight is 354 g/mol. The Bertz CT molecular complexity index is 984. The Morgan fingerprint density at radius 1 is 1.23 bits per heavy atom. The summed E-state index contributed by atoms with van der Waals surface area (Å²) < 4.78 is 12.1. The monoisotopic (exact) mass is 354 g/mol. The lowest BCUT2D eigenvalue weighted by atomic mass is 10.1. The molecule has 0 aliphatic rings. The van der Waals surface area contributed by atoms with Crippen LogP contribution in [0.5, 0.6) is 5.75 Å². The molecule has 2 heterocycles. The minimum absolute atomic E-state index is 0.173. The van der Waals surface area contributed by atoms with E-state index in [1.807, 2.05) is 19.9 Å². The van der Waals surface area contributed by atoms with Crippen LogP contribution in [0, 0.1) is 13.8 Å². The molecular weight excluding hydrogens is 336 g/mol. The second-order valence-electron chi connectivity index (χ2n) is 5.87. The number of rotatable bonds is 6. The Balaban J connectivity index is 1.95. The molecule has 3 rings (SSSR count). The zero-order valence-corrected chi connectivity index (χ0v) is 14.4. The molecule has 7 nitrogen and oxygen atoms in total. The van der Waals surface area contributed by atoms with Crippen LogP contribution in [-0.4, -0.2) is 27.4 Å². The molecule has 0 bridgehead atoms. The summed E-state index contributed by atoms with van der Waals surface area (Å²) in [5.74, 6) is 0.0554. The molecule has 0 aliphatic carbocycles. The standard InChI is InChI=1S/C19H18N2O5/c1-12-19(13(2)26-20-12)15-7-8-17(22)21(10-15)9-14-5-3-4-6-16(14)25-11-18(23)24/h3-8,10H,9,11H2,1-2H3,(H,23,24). The number of aromatic nitrogens is 2. The van der Waals surface area contributed by atoms with Gasteiger partial charge in [0, 0.05) is 29.0 Å². The average Bonchev–Trinajstić information content (AvgIpc) is 2.95. The summed E-state index contributed by atoms with van der Waals surface area (Å²) in [6, 6.07) is 10.3. The van der Waals surface area contributed by atoms with Crippen molar-refractivity contribution in [2.45, 2.75) is 20.4 Å². The van der Waals surface area contributed by atoms with Crippen molar-refractivity contribution in [1.29, 1.82) is 0 Å². The number of benzene rings is 1. The molecule has 0 radical (unpaired) electrons. The van der Waals surface area contributed by atoms with Gasteiger partial charge in [-0.1, -0.05) is 23.4 Å². The van der Waals surface area contributed by atoms with E-state index < -0.39 is 12.6 Å². The lowest BCUT2D eigenvalue weighted by molar-refractivity contribution is -0.139. The number of aryl methyl sites for hydroxylation is 2. The maximum atomic E-state index is 12.3. The highest BCUT2D eigenvalue weighted by atomic mass is 16.5. The van der Waals surface area contributed by atoms with Crippen molar-refractivity contribution in [1.82, 2.24) is 9.72 Å². The normalized spacial score (nSPS) is 10.7. The number of carbonyl (C=O) groups is 1. The van der Waals surface area contributed by atoms with Crippen molar-refractivity contribution in [2.75, 3.05) is 6.61 Å². The predicted octanol–water partition coefficient (Wildman–Crippen LogP) is 2.63. The van der Waals surface area contributed by atoms with E-state index in [1.54, 1.807) is 35.0 Å². The molecule has 0 fully saturated rings. The van der Waals surface area contributed by atoms with Gasteiger partial charge in [0.05, 0.1) is 12.2 Å². The number of pyridine rings is 1. The van der Waals surface area contributed by atoms with Crippen LogP contribution in [0.4, 0.5) is 0 Å². The van der Waals surface area contributed by atoms with E-state index in [0.29, 0.717) is 17.1 Å². The second kappa shape index (κ2) is 7.26. The van der Waals surface area contributed by atoms with E-state index in [0.717, 1.165) is 16.8 Å². The van der Waals surface area contributed by atoms with Gasteiger partial charge < -0.3 is 18.9 Å². The highest BCUT2D eigenvalue weighted by Gasteiger charge is 2.13. The van der Waals surface area contributed by atoms with Crippen LogP contribution in [0.3, 0.4) is 0 Å². The lowest BCUT2D eigenvalue weighted by Gasteiger charge is -2.12. The minimum atomic E-state index is -1.06. The molecule has 0 atom stereocenters. The summed E-state index contributed by atoms with van der Waals surface area (Å²) in [7, 11) is 0. The summed E-state index contributed by atoms with van der Waals surface area (Å²) >= 11 is 0. The van der Waals surface area contributed by atoms with E-state index in [1.165, 1.54) is 6.07 Å². The topological polar surface area (TPSA) is 94.6 Å². The summed E-state index contributed by atoms with van der Waals surface area (Å²) in [5.41, 5.74) is 2.97. The molecular formula is C19H18N2O5. The Labute approximate surface area is 149 Å². The van der Waals surface area contributed by atoms with Crippen LogP contribution >= 0.6 is 0 Å². The fourth-order valence-electron chi connectivity index (χ4n) is 2.80. The van der Waals surface area contributed by atoms with Gasteiger partial charge in [-0.25, -0.2) is 4.79 Å². The van der Waals surface area contributed by atoms with Crippen molar-refractivity contribution in [2.24, 2.45) is 0 Å². The zero-order valence-electron chi connectivity index (χ0n) is 14.4. The lowest BCUT2D eigenvalue weighted by Crippen LogP contribution is -2.20. The van der Waals surface area contributed by atoms with Crippen LogP contribution in [0.1, 0.15) is 17.0 Å². The van der Waals surface area contributed by atoms with Crippen molar-refractivity contribution in [3.05, 3.63) is 70.0 Å². The molecule has 0 saturated carbocycles. The van der Waals surface area contributed by atoms with E-state index in [4.69, 9.17) is 14.4 Å². The molecule has 0 amide bonds. The molecule has 1 aromatic carbocycles. The second-order valence-corrected chi connectivity index (χ2v) is 5.87. The zero-order chi connectivity index (χ0) is 18.7. The first-order chi connectivity index (χ1) is 12.5. The predicted molar refractivity (Wildman–Crippen MR) is 94.3 cm³/mol. The number of carboxylic acid groups (broad SMARTS) is 1. The highest BCUT2D eigenvalue weighted by Crippen LogP contribution is 2.26. The summed E-state index contributed by atoms with van der Waals surface area (Å²) in [5, 5.41) is 12.7. The molecule has 7 heteroatoms. The third-order valence-electron chi connectivity index (χ3n) is 3.97. The van der Waals surface area contributed by atoms with E-state index in [9.17, 15) is 9.59 Å². The van der Waals surface area contributed by atoms with Gasteiger partial charge in [0.1, 0.15) is 11.5 Å². The largest absolute Gasteiger partial charge is 0.482 e. The van der Waals surface area contributed by atoms with Crippen molar-refractivity contribution in [3.63, 3.8) is 0 Å². The molecule has 1 N–H and O–H groups in total. The first-order valence-electron chi connectivity index (χ1n) is 8.02. The number of aliphatic carboxylic acids is 1. The van der Waals surface area contributed by atoms with Crippen LogP contribution in [0.15, 0.2) is 51.9 Å². The molecule has 0 unspecified atom stereocenters. The number of ether oxygens (including phenoxy) is 1. The number of hydrogen-bond donors (Lipinski definition) is 1. The van der Waals surface area contributed by atoms with Crippen LogP contribution in [0.2, 0.25) is 0 Å². The van der Waals surface area contributed by atoms with E-state index in [-0.39, 0.29) is 12.1 Å². The van der Waals surface area contributed by atoms with Gasteiger partial charge in [-0.05, 0) is 26.0 Å². The Kier molecular flexibility index (Phi) is 4.88. The van der Waals surface area contributed by atoms with Crippen LogP contribution < -0.4 is 10.3 Å². The Morgan fingerprint density at radius 3 is 2.69 bits per heavy atom. The number of hydrogen-bond acceptors (Lipinski definition) is 5. The van der Waals surface area contributed by atoms with E-state index >= 15 is 0 Å². The van der Waals surface area contributed by atoms with Gasteiger partial charge in [0.15, 0.2) is 6.61 Å². The molecule has 3 aromatic rings. The third-order valence-corrected chi connectivity index (χ3v) is 3.97. The number of nitrogens with zero attached hydrogens (tertiary/aromatic N) is 2. The van der Waals surface area contributed by atoms with Crippen LogP contribution in [0.25, 0.3) is 11.1 Å². The Hall–Kier alpha value is -3.35. The first-order valence-corrected chi connectivity index (χ1v) is 8.02. The van der Waals surface area contributed by atoms with Gasteiger partial charge >= 0.3 is 5.97 Å². The summed E-state index contributed by atoms with van der Waals surface area (Å²) in [6.07, 6.45) is 1.74. The molecule has 134 valence electrons. The quantitative estimate of drug-likeness (QED) is 0.731. The van der Waals surface area contributed by atoms with Crippen molar-refractivity contribution >= 4 is 5.97 Å². The van der Waals surface area contributed by atoms with Crippen LogP contribution in [-0.2, 0) is 11.3 Å². The molecule has 2 aromatic heterocycles. The van der Waals surface area contributed by atoms with Gasteiger partial charge in [-0.2, -0.15) is 0 Å². The summed E-state index contributed by atoms with van der Waals surface area (Å²) in [4.78, 5) is 23.0. The van der Waals surface area contributed by atoms with Gasteiger partial charge in [-0.15, -0.1) is 0 Å². The Morgan fingerprint density at radius 2 is 2.00 bits per heavy atom. The molecule has 0 spiro atoms. The maximum absolute atomic E-state index is 12.3. The number of carboxylic acids is 1. The fourth-order valence-corrected chi connectivity index (χ4v) is 2.80. The van der Waals surface area contributed by atoms with Crippen molar-refractivity contribution in [3.8, 4) is 16.9 Å². The van der Waals surface area contributed by atoms with Gasteiger partial charge in [0.2, 0.25) is 0 Å². The van der Waals surface area contributed by atoms with Crippen molar-refractivity contribution < 1.29 is 19.2 Å². The molecule has 26 heavy (non-hydrogen) atoms. The van der Waals surface area contributed by atoms with E-state index in [2.05, 4.69) is 5.16 Å². The highest BCUT2D eigenvalue weighted by molar-refractivity contribution is 5.68. The first kappa shape index (κ1) is 17.5. The molecule has 0 saturated heterocycles. The fraction of sp³-hybridized carbons (Fsp3) is 0.211. The smallest absolute Gasteiger partial charge is 0.341 e. The van der Waals surface area contributed by atoms with Gasteiger partial charge in [-0.3, -0.25) is 4.79 Å². The SMILES string of the molecule is Cc1noc(C)c1-c1ccc(=O)n(Cc2ccccc2OCC(=O)O)c1.